The van der Waals surface area contributed by atoms with E-state index < -0.39 is 6.10 Å². The molecule has 0 N–H and O–H groups in total. The molecule has 1 unspecified atom stereocenters. The molecule has 6 nitrogen and oxygen atoms in total. The third kappa shape index (κ3) is 52.1. The highest BCUT2D eigenvalue weighted by Gasteiger charge is 2.19. The molecule has 0 aromatic heterocycles. The Morgan fingerprint density at radius 1 is 0.318 bits per heavy atom. The smallest absolute Gasteiger partial charge is 0.306 e. The van der Waals surface area contributed by atoms with E-state index in [0.29, 0.717) is 19.3 Å². The van der Waals surface area contributed by atoms with Crippen molar-refractivity contribution in [1.82, 2.24) is 0 Å². The van der Waals surface area contributed by atoms with Gasteiger partial charge >= 0.3 is 17.9 Å². The van der Waals surface area contributed by atoms with Gasteiger partial charge in [0.2, 0.25) is 0 Å². The minimum absolute atomic E-state index is 0.0768. The van der Waals surface area contributed by atoms with Gasteiger partial charge in [0.1, 0.15) is 13.2 Å². The van der Waals surface area contributed by atoms with Crippen LogP contribution in [0.1, 0.15) is 284 Å². The van der Waals surface area contributed by atoms with Gasteiger partial charge in [-0.05, 0) is 64.2 Å². The highest BCUT2D eigenvalue weighted by atomic mass is 16.6. The Morgan fingerprint density at radius 2 is 0.591 bits per heavy atom. The first-order chi connectivity index (χ1) is 32.5. The third-order valence-corrected chi connectivity index (χ3v) is 12.3. The number of unbranched alkanes of at least 4 members (excludes halogenated alkanes) is 30. The van der Waals surface area contributed by atoms with Crippen molar-refractivity contribution >= 4 is 17.9 Å². The monoisotopic (exact) mass is 923 g/mol. The average molecular weight is 924 g/mol. The fourth-order valence-corrected chi connectivity index (χ4v) is 8.06. The molecule has 0 saturated heterocycles. The number of rotatable bonds is 51. The van der Waals surface area contributed by atoms with Gasteiger partial charge in [-0.2, -0.15) is 0 Å². The Hall–Kier alpha value is -2.89. The first-order valence-electron chi connectivity index (χ1n) is 28.3. The first kappa shape index (κ1) is 63.1. The van der Waals surface area contributed by atoms with E-state index >= 15 is 0 Å². The highest BCUT2D eigenvalue weighted by molar-refractivity contribution is 5.71. The summed E-state index contributed by atoms with van der Waals surface area (Å²) in [6.45, 7) is 6.53. The van der Waals surface area contributed by atoms with E-state index in [0.717, 1.165) is 109 Å². The summed E-state index contributed by atoms with van der Waals surface area (Å²) < 4.78 is 16.8. The van der Waals surface area contributed by atoms with Gasteiger partial charge in [0, 0.05) is 19.3 Å². The van der Waals surface area contributed by atoms with Crippen LogP contribution in [0.25, 0.3) is 0 Å². The molecule has 0 fully saturated rings. The van der Waals surface area contributed by atoms with Crippen LogP contribution in [0.15, 0.2) is 60.8 Å². The summed E-state index contributed by atoms with van der Waals surface area (Å²) in [5.74, 6) is -0.886. The van der Waals surface area contributed by atoms with E-state index in [1.807, 2.05) is 0 Å². The van der Waals surface area contributed by atoms with Crippen LogP contribution in [0.4, 0.5) is 0 Å². The average Bonchev–Trinajstić information content (AvgIpc) is 3.31. The van der Waals surface area contributed by atoms with Crippen LogP contribution in [-0.2, 0) is 28.6 Å². The van der Waals surface area contributed by atoms with E-state index in [1.54, 1.807) is 0 Å². The van der Waals surface area contributed by atoms with Crippen LogP contribution in [0.3, 0.4) is 0 Å². The second-order valence-electron chi connectivity index (χ2n) is 18.8. The predicted molar refractivity (Wildman–Crippen MR) is 284 cm³/mol. The molecule has 382 valence electrons. The topological polar surface area (TPSA) is 78.9 Å². The SMILES string of the molecule is CC/C=C\C/C=C\C/C=C\C/C=C\C/C=C\CCCCCCCC(=O)OCC(COC(=O)CCCCCCCCCCCC)OC(=O)CCCCCCCCCCCCCCCCCCC. The second kappa shape index (κ2) is 54.7. The molecule has 0 rings (SSSR count). The minimum Gasteiger partial charge on any atom is -0.462 e. The van der Waals surface area contributed by atoms with E-state index in [-0.39, 0.29) is 31.1 Å². The lowest BCUT2D eigenvalue weighted by molar-refractivity contribution is -0.167. The van der Waals surface area contributed by atoms with E-state index in [1.165, 1.54) is 135 Å². The molecule has 0 aliphatic rings. The number of esters is 3. The zero-order valence-corrected chi connectivity index (χ0v) is 43.7. The number of hydrogen-bond acceptors (Lipinski definition) is 6. The summed E-state index contributed by atoms with van der Waals surface area (Å²) in [6, 6.07) is 0. The van der Waals surface area contributed by atoms with Crippen molar-refractivity contribution in [2.45, 2.75) is 290 Å². The van der Waals surface area contributed by atoms with Crippen molar-refractivity contribution in [3.8, 4) is 0 Å². The lowest BCUT2D eigenvalue weighted by Gasteiger charge is -2.18. The summed E-state index contributed by atoms with van der Waals surface area (Å²) in [6.07, 6.45) is 67.8. The fraction of sp³-hybridized carbons (Fsp3) is 0.783. The molecule has 0 aromatic rings. The number of carbonyl (C=O) groups excluding carboxylic acids is 3. The molecule has 0 heterocycles. The third-order valence-electron chi connectivity index (χ3n) is 12.3. The molecular formula is C60H106O6. The van der Waals surface area contributed by atoms with Crippen LogP contribution in [0, 0.1) is 0 Å². The molecule has 0 bridgehead atoms. The largest absolute Gasteiger partial charge is 0.462 e. The summed E-state index contributed by atoms with van der Waals surface area (Å²) in [7, 11) is 0. The molecule has 0 radical (unpaired) electrons. The second-order valence-corrected chi connectivity index (χ2v) is 18.8. The summed E-state index contributed by atoms with van der Waals surface area (Å²) in [4.78, 5) is 38.1. The molecule has 0 aliphatic heterocycles. The number of carbonyl (C=O) groups is 3. The summed E-state index contributed by atoms with van der Waals surface area (Å²) in [5, 5.41) is 0. The van der Waals surface area contributed by atoms with Crippen molar-refractivity contribution in [3.63, 3.8) is 0 Å². The Morgan fingerprint density at radius 3 is 0.924 bits per heavy atom. The zero-order valence-electron chi connectivity index (χ0n) is 43.7. The Balaban J connectivity index is 4.33. The molecule has 0 saturated carbocycles. The molecule has 0 aromatic carbocycles. The molecular weight excluding hydrogens is 817 g/mol. The molecule has 0 aliphatic carbocycles. The Labute approximate surface area is 409 Å². The van der Waals surface area contributed by atoms with Gasteiger partial charge in [0.25, 0.3) is 0 Å². The van der Waals surface area contributed by atoms with E-state index in [2.05, 4.69) is 81.5 Å². The fourth-order valence-electron chi connectivity index (χ4n) is 8.06. The molecule has 0 spiro atoms. The number of ether oxygens (including phenoxy) is 3. The lowest BCUT2D eigenvalue weighted by Crippen LogP contribution is -2.30. The van der Waals surface area contributed by atoms with Gasteiger partial charge in [-0.15, -0.1) is 0 Å². The zero-order chi connectivity index (χ0) is 47.9. The normalized spacial score (nSPS) is 12.5. The van der Waals surface area contributed by atoms with Crippen molar-refractivity contribution in [3.05, 3.63) is 60.8 Å². The van der Waals surface area contributed by atoms with Gasteiger partial charge in [-0.3, -0.25) is 14.4 Å². The van der Waals surface area contributed by atoms with Crippen LogP contribution in [0.2, 0.25) is 0 Å². The maximum Gasteiger partial charge on any atom is 0.306 e. The number of hydrogen-bond donors (Lipinski definition) is 0. The first-order valence-corrected chi connectivity index (χ1v) is 28.3. The molecule has 0 amide bonds. The minimum atomic E-state index is -0.778. The van der Waals surface area contributed by atoms with Crippen LogP contribution in [-0.4, -0.2) is 37.2 Å². The van der Waals surface area contributed by atoms with Gasteiger partial charge in [-0.25, -0.2) is 0 Å². The maximum atomic E-state index is 12.8. The predicted octanol–water partition coefficient (Wildman–Crippen LogP) is 18.8. The van der Waals surface area contributed by atoms with Gasteiger partial charge in [0.05, 0.1) is 0 Å². The van der Waals surface area contributed by atoms with Crippen molar-refractivity contribution in [2.75, 3.05) is 13.2 Å². The standard InChI is InChI=1S/C60H106O6/c1-4-7-10-13-16-19-22-24-26-28-29-30-31-33-34-36-38-41-44-47-50-53-59(62)65-56-57(55-64-58(61)52-49-46-43-40-21-18-15-12-9-6-3)66-60(63)54-51-48-45-42-39-37-35-32-27-25-23-20-17-14-11-8-5-2/h7,10,16,19,24,26,29-30,33-34,57H,4-6,8-9,11-15,17-18,20-23,25,27-28,31-32,35-56H2,1-3H3/b10-7-,19-16-,26-24-,30-29-,34-33-. The van der Waals surface area contributed by atoms with Gasteiger partial charge < -0.3 is 14.2 Å². The van der Waals surface area contributed by atoms with Crippen molar-refractivity contribution < 1.29 is 28.6 Å². The van der Waals surface area contributed by atoms with Gasteiger partial charge in [-0.1, -0.05) is 261 Å². The quantitative estimate of drug-likeness (QED) is 0.0262. The summed E-state index contributed by atoms with van der Waals surface area (Å²) >= 11 is 0. The van der Waals surface area contributed by atoms with Crippen LogP contribution < -0.4 is 0 Å². The molecule has 1 atom stereocenters. The lowest BCUT2D eigenvalue weighted by atomic mass is 10.0. The summed E-state index contributed by atoms with van der Waals surface area (Å²) in [5.41, 5.74) is 0. The highest BCUT2D eigenvalue weighted by Crippen LogP contribution is 2.16. The molecule has 6 heteroatoms. The van der Waals surface area contributed by atoms with Crippen LogP contribution in [0.5, 0.6) is 0 Å². The number of allylic oxidation sites excluding steroid dienone is 10. The van der Waals surface area contributed by atoms with Crippen molar-refractivity contribution in [1.29, 1.82) is 0 Å². The van der Waals surface area contributed by atoms with Gasteiger partial charge in [0.15, 0.2) is 6.10 Å². The molecule has 66 heavy (non-hydrogen) atoms. The Bertz CT molecular complexity index is 1200. The Kier molecular flexibility index (Phi) is 52.3. The van der Waals surface area contributed by atoms with E-state index in [9.17, 15) is 14.4 Å². The maximum absolute atomic E-state index is 12.8. The van der Waals surface area contributed by atoms with E-state index in [4.69, 9.17) is 14.2 Å². The van der Waals surface area contributed by atoms with Crippen molar-refractivity contribution in [2.24, 2.45) is 0 Å². The van der Waals surface area contributed by atoms with Crippen LogP contribution >= 0.6 is 0 Å².